The highest BCUT2D eigenvalue weighted by atomic mass is 32.2. The lowest BCUT2D eigenvalue weighted by Crippen LogP contribution is -2.30. The van der Waals surface area contributed by atoms with Crippen LogP contribution in [-0.2, 0) is 14.4 Å². The van der Waals surface area contributed by atoms with Crippen molar-refractivity contribution >= 4 is 58.5 Å². The molecule has 4 rings (SSSR count). The quantitative estimate of drug-likeness (QED) is 0.110. The van der Waals surface area contributed by atoms with Gasteiger partial charge in [-0.05, 0) is 85.1 Å². The smallest absolute Gasteiger partial charge is 0.272 e. The summed E-state index contributed by atoms with van der Waals surface area (Å²) in [4.78, 5) is 51.6. The molecule has 4 amide bonds. The zero-order valence-electron chi connectivity index (χ0n) is 24.7. The van der Waals surface area contributed by atoms with E-state index < -0.39 is 17.1 Å². The van der Waals surface area contributed by atoms with Crippen LogP contribution in [0.2, 0.25) is 0 Å². The largest absolute Gasteiger partial charge is 0.326 e. The monoisotopic (exact) mass is 606 g/mol. The Bertz CT molecular complexity index is 1670. The molecule has 0 spiro atoms. The van der Waals surface area contributed by atoms with Crippen LogP contribution in [0.5, 0.6) is 0 Å². The lowest BCUT2D eigenvalue weighted by Gasteiger charge is -2.16. The summed E-state index contributed by atoms with van der Waals surface area (Å²) in [5.41, 5.74) is 4.08. The Balaban J connectivity index is 1.47. The minimum atomic E-state index is -0.479. The summed E-state index contributed by atoms with van der Waals surface area (Å²) in [7, 11) is 0. The van der Waals surface area contributed by atoms with Crippen molar-refractivity contribution in [3.05, 3.63) is 126 Å². The maximum Gasteiger partial charge on any atom is 0.272 e. The number of aryl methyl sites for hydroxylation is 1. The lowest BCUT2D eigenvalue weighted by molar-refractivity contribution is -0.116. The van der Waals surface area contributed by atoms with Crippen molar-refractivity contribution < 1.29 is 19.2 Å². The summed E-state index contributed by atoms with van der Waals surface area (Å²) in [6.45, 7) is 5.30. The van der Waals surface area contributed by atoms with Crippen molar-refractivity contribution in [2.24, 2.45) is 0 Å². The van der Waals surface area contributed by atoms with Gasteiger partial charge in [0, 0.05) is 34.4 Å². The highest BCUT2D eigenvalue weighted by molar-refractivity contribution is 8.00. The molecule has 0 aliphatic carbocycles. The highest BCUT2D eigenvalue weighted by Crippen LogP contribution is 2.29. The Morgan fingerprint density at radius 1 is 0.750 bits per heavy atom. The van der Waals surface area contributed by atoms with Crippen molar-refractivity contribution in [1.82, 2.24) is 5.32 Å². The minimum absolute atomic E-state index is 0.0987. The Labute approximate surface area is 261 Å². The maximum absolute atomic E-state index is 13.5. The first-order chi connectivity index (χ1) is 21.2. The summed E-state index contributed by atoms with van der Waals surface area (Å²) < 4.78 is 0. The fourth-order valence-electron chi connectivity index (χ4n) is 4.24. The Hall–Kier alpha value is -5.15. The van der Waals surface area contributed by atoms with Crippen LogP contribution in [0.4, 0.5) is 17.1 Å². The van der Waals surface area contributed by atoms with Gasteiger partial charge in [-0.25, -0.2) is 0 Å². The molecule has 0 aliphatic heterocycles. The molecule has 4 N–H and O–H groups in total. The zero-order chi connectivity index (χ0) is 31.5. The van der Waals surface area contributed by atoms with Gasteiger partial charge < -0.3 is 21.3 Å². The Morgan fingerprint density at radius 3 is 2.07 bits per heavy atom. The van der Waals surface area contributed by atoms with Crippen LogP contribution in [0.3, 0.4) is 0 Å². The van der Waals surface area contributed by atoms with E-state index in [0.717, 1.165) is 16.0 Å². The van der Waals surface area contributed by atoms with Gasteiger partial charge in [-0.15, -0.1) is 11.8 Å². The first-order valence-electron chi connectivity index (χ1n) is 14.1. The van der Waals surface area contributed by atoms with E-state index in [0.29, 0.717) is 29.0 Å². The van der Waals surface area contributed by atoms with Crippen LogP contribution in [0.1, 0.15) is 41.8 Å². The molecular weight excluding hydrogens is 572 g/mol. The van der Waals surface area contributed by atoms with E-state index in [1.165, 1.54) is 18.7 Å². The van der Waals surface area contributed by atoms with Crippen molar-refractivity contribution in [2.45, 2.75) is 37.3 Å². The molecule has 0 aliphatic rings. The fourth-order valence-corrected chi connectivity index (χ4v) is 5.25. The van der Waals surface area contributed by atoms with E-state index >= 15 is 0 Å². The van der Waals surface area contributed by atoms with Gasteiger partial charge in [-0.2, -0.15) is 0 Å². The predicted octanol–water partition coefficient (Wildman–Crippen LogP) is 6.87. The van der Waals surface area contributed by atoms with Gasteiger partial charge in [0.15, 0.2) is 0 Å². The van der Waals surface area contributed by atoms with Crippen LogP contribution < -0.4 is 21.3 Å². The molecule has 4 aromatic rings. The average molecular weight is 607 g/mol. The number of benzene rings is 4. The molecule has 0 saturated heterocycles. The van der Waals surface area contributed by atoms with E-state index in [9.17, 15) is 19.2 Å². The van der Waals surface area contributed by atoms with Crippen molar-refractivity contribution in [2.75, 3.05) is 16.0 Å². The number of carbonyl (C=O) groups is 4. The van der Waals surface area contributed by atoms with Crippen LogP contribution in [0.15, 0.2) is 114 Å². The number of nitrogens with one attached hydrogen (secondary N) is 4. The van der Waals surface area contributed by atoms with Crippen LogP contribution in [0, 0.1) is 6.92 Å². The van der Waals surface area contributed by atoms with E-state index in [2.05, 4.69) is 21.3 Å². The average Bonchev–Trinajstić information content (AvgIpc) is 3.01. The summed E-state index contributed by atoms with van der Waals surface area (Å²) in [6.07, 6.45) is 2.23. The van der Waals surface area contributed by atoms with Crippen molar-refractivity contribution in [3.8, 4) is 0 Å². The number of hydrogen-bond donors (Lipinski definition) is 4. The molecule has 0 fully saturated rings. The summed E-state index contributed by atoms with van der Waals surface area (Å²) >= 11 is 1.39. The van der Waals surface area contributed by atoms with E-state index in [1.54, 1.807) is 72.8 Å². The molecule has 0 bridgehead atoms. The first kappa shape index (κ1) is 31.8. The third kappa shape index (κ3) is 9.17. The van der Waals surface area contributed by atoms with Gasteiger partial charge in [-0.1, -0.05) is 55.5 Å². The van der Waals surface area contributed by atoms with E-state index in [4.69, 9.17) is 0 Å². The van der Waals surface area contributed by atoms with Crippen LogP contribution in [-0.4, -0.2) is 28.9 Å². The number of rotatable bonds is 11. The molecule has 44 heavy (non-hydrogen) atoms. The molecule has 224 valence electrons. The molecule has 1 atom stereocenters. The van der Waals surface area contributed by atoms with Crippen molar-refractivity contribution in [1.29, 1.82) is 0 Å². The van der Waals surface area contributed by atoms with Crippen molar-refractivity contribution in [3.63, 3.8) is 0 Å². The minimum Gasteiger partial charge on any atom is -0.326 e. The zero-order valence-corrected chi connectivity index (χ0v) is 25.5. The molecule has 0 radical (unpaired) electrons. The van der Waals surface area contributed by atoms with Gasteiger partial charge >= 0.3 is 0 Å². The lowest BCUT2D eigenvalue weighted by atomic mass is 10.1. The number of amides is 4. The second-order valence-electron chi connectivity index (χ2n) is 9.98. The molecule has 9 heteroatoms. The van der Waals surface area contributed by atoms with Gasteiger partial charge in [0.2, 0.25) is 11.8 Å². The molecule has 1 unspecified atom stereocenters. The molecule has 0 saturated carbocycles. The van der Waals surface area contributed by atoms with E-state index in [-0.39, 0.29) is 17.5 Å². The third-order valence-electron chi connectivity index (χ3n) is 6.52. The molecule has 8 nitrogen and oxygen atoms in total. The number of hydrogen-bond acceptors (Lipinski definition) is 5. The summed E-state index contributed by atoms with van der Waals surface area (Å²) in [5.74, 6) is -1.21. The van der Waals surface area contributed by atoms with Gasteiger partial charge in [0.25, 0.3) is 11.8 Å². The summed E-state index contributed by atoms with van der Waals surface area (Å²) in [6, 6.07) is 30.4. The first-order valence-corrected chi connectivity index (χ1v) is 15.0. The molecular formula is C35H34N4O4S. The second kappa shape index (κ2) is 15.4. The van der Waals surface area contributed by atoms with Gasteiger partial charge in [0.05, 0.1) is 5.25 Å². The third-order valence-corrected chi connectivity index (χ3v) is 7.88. The fraction of sp³-hybridized carbons (Fsp3) is 0.143. The Morgan fingerprint density at radius 2 is 1.41 bits per heavy atom. The van der Waals surface area contributed by atoms with Crippen LogP contribution in [0.25, 0.3) is 6.08 Å². The normalized spacial score (nSPS) is 11.7. The van der Waals surface area contributed by atoms with Gasteiger partial charge in [0.1, 0.15) is 5.70 Å². The topological polar surface area (TPSA) is 116 Å². The standard InChI is InChI=1S/C35H34N4O4S/c1-4-32(35(43)37-28-19-17-27(18-20-28)36-24(3)40)44-30-16-10-15-29(22-30)38-34(42)31(21-26-14-9-8-11-23(26)2)39-33(41)25-12-6-5-7-13-25/h5-22,32H,4H2,1-3H3,(H,36,40)(H,37,43)(H,38,42)(H,39,41)/b31-21-. The number of anilines is 3. The van der Waals surface area contributed by atoms with Crippen LogP contribution >= 0.6 is 11.8 Å². The highest BCUT2D eigenvalue weighted by Gasteiger charge is 2.20. The number of thioether (sulfide) groups is 1. The van der Waals surface area contributed by atoms with E-state index in [1.807, 2.05) is 50.2 Å². The number of carbonyl (C=O) groups excluding carboxylic acids is 4. The van der Waals surface area contributed by atoms with Gasteiger partial charge in [-0.3, -0.25) is 19.2 Å². The predicted molar refractivity (Wildman–Crippen MR) is 177 cm³/mol. The summed E-state index contributed by atoms with van der Waals surface area (Å²) in [5, 5.41) is 10.9. The molecule has 4 aromatic carbocycles. The molecule has 0 heterocycles. The second-order valence-corrected chi connectivity index (χ2v) is 11.3. The molecule has 0 aromatic heterocycles. The SMILES string of the molecule is CCC(Sc1cccc(NC(=O)/C(=C/c2ccccc2C)NC(=O)c2ccccc2)c1)C(=O)Nc1ccc(NC(C)=O)cc1. The maximum atomic E-state index is 13.5. The Kier molecular flexibility index (Phi) is 11.1.